The first-order chi connectivity index (χ1) is 13.4. The summed E-state index contributed by atoms with van der Waals surface area (Å²) in [6.45, 7) is 8.72. The summed E-state index contributed by atoms with van der Waals surface area (Å²) < 4.78 is 11.3. The zero-order valence-electron chi connectivity index (χ0n) is 17.2. The Morgan fingerprint density at radius 2 is 1.68 bits per heavy atom. The van der Waals surface area contributed by atoms with Crippen molar-refractivity contribution in [2.45, 2.75) is 44.4 Å². The predicted octanol–water partition coefficient (Wildman–Crippen LogP) is 4.23. The summed E-state index contributed by atoms with van der Waals surface area (Å²) in [7, 11) is 0. The van der Waals surface area contributed by atoms with E-state index >= 15 is 0 Å². The van der Waals surface area contributed by atoms with E-state index in [9.17, 15) is 4.79 Å². The summed E-state index contributed by atoms with van der Waals surface area (Å²) in [5.74, 6) is 0.889. The Bertz CT molecular complexity index is 757. The molecule has 1 N–H and O–H groups in total. The van der Waals surface area contributed by atoms with Gasteiger partial charge in [0.05, 0.1) is 12.0 Å². The average molecular weight is 382 g/mol. The van der Waals surface area contributed by atoms with Gasteiger partial charge in [-0.25, -0.2) is 0 Å². The van der Waals surface area contributed by atoms with E-state index in [1.165, 1.54) is 5.56 Å². The minimum atomic E-state index is -0.506. The number of benzene rings is 2. The molecule has 0 radical (unpaired) electrons. The molecule has 1 amide bonds. The van der Waals surface area contributed by atoms with Crippen LogP contribution in [0.25, 0.3) is 0 Å². The smallest absolute Gasteiger partial charge is 0.230 e. The van der Waals surface area contributed by atoms with Crippen molar-refractivity contribution in [3.63, 3.8) is 0 Å². The second kappa shape index (κ2) is 8.78. The molecule has 0 aromatic heterocycles. The van der Waals surface area contributed by atoms with Gasteiger partial charge in [0, 0.05) is 13.2 Å². The summed E-state index contributed by atoms with van der Waals surface area (Å²) in [5, 5.41) is 3.08. The maximum atomic E-state index is 13.1. The van der Waals surface area contributed by atoms with Crippen LogP contribution in [0, 0.1) is 0 Å². The molecule has 28 heavy (non-hydrogen) atoms. The monoisotopic (exact) mass is 381 g/mol. The lowest BCUT2D eigenvalue weighted by Crippen LogP contribution is -2.48. The summed E-state index contributed by atoms with van der Waals surface area (Å²) in [6, 6.07) is 18.2. The predicted molar refractivity (Wildman–Crippen MR) is 112 cm³/mol. The highest BCUT2D eigenvalue weighted by atomic mass is 16.5. The summed E-state index contributed by atoms with van der Waals surface area (Å²) in [5.41, 5.74) is 1.96. The molecule has 1 heterocycles. The molecule has 0 saturated carbocycles. The number of hydrogen-bond acceptors (Lipinski definition) is 3. The number of carbonyl (C=O) groups excluding carboxylic acids is 1. The lowest BCUT2D eigenvalue weighted by Gasteiger charge is -2.36. The third-order valence-corrected chi connectivity index (χ3v) is 5.48. The van der Waals surface area contributed by atoms with Crippen molar-refractivity contribution in [2.75, 3.05) is 26.4 Å². The van der Waals surface area contributed by atoms with Gasteiger partial charge in [0.15, 0.2) is 0 Å². The van der Waals surface area contributed by atoms with E-state index in [4.69, 9.17) is 9.47 Å². The Balaban J connectivity index is 1.55. The first kappa shape index (κ1) is 20.4. The highest BCUT2D eigenvalue weighted by Gasteiger charge is 2.41. The van der Waals surface area contributed by atoms with Crippen molar-refractivity contribution in [3.8, 4) is 5.75 Å². The molecule has 0 spiro atoms. The van der Waals surface area contributed by atoms with Gasteiger partial charge in [0.25, 0.3) is 0 Å². The molecule has 1 fully saturated rings. The van der Waals surface area contributed by atoms with Crippen molar-refractivity contribution < 1.29 is 14.3 Å². The van der Waals surface area contributed by atoms with Gasteiger partial charge in [-0.05, 0) is 41.5 Å². The highest BCUT2D eigenvalue weighted by molar-refractivity contribution is 5.88. The zero-order chi connectivity index (χ0) is 20.0. The topological polar surface area (TPSA) is 47.6 Å². The first-order valence-electron chi connectivity index (χ1n) is 10.1. The fourth-order valence-corrected chi connectivity index (χ4v) is 3.68. The molecule has 0 atom stereocenters. The molecule has 4 heteroatoms. The molecule has 1 aliphatic rings. The molecule has 0 bridgehead atoms. The normalized spacial score (nSPS) is 16.4. The molecular formula is C24H31NO3. The largest absolute Gasteiger partial charge is 0.492 e. The standard InChI is InChI=1S/C24H31NO3/c1-23(2,3)19-9-11-21(12-10-19)28-18-15-25-22(26)24(13-16-27-17-14-24)20-7-5-4-6-8-20/h4-12H,13-18H2,1-3H3,(H,25,26). The molecule has 1 aliphatic heterocycles. The van der Waals surface area contributed by atoms with Crippen molar-refractivity contribution >= 4 is 5.91 Å². The molecular weight excluding hydrogens is 350 g/mol. The number of amides is 1. The second-order valence-corrected chi connectivity index (χ2v) is 8.44. The lowest BCUT2D eigenvalue weighted by atomic mass is 9.73. The molecule has 4 nitrogen and oxygen atoms in total. The Morgan fingerprint density at radius 3 is 2.29 bits per heavy atom. The van der Waals surface area contributed by atoms with Crippen LogP contribution in [0.2, 0.25) is 0 Å². The van der Waals surface area contributed by atoms with Crippen LogP contribution in [0.1, 0.15) is 44.7 Å². The van der Waals surface area contributed by atoms with Gasteiger partial charge in [-0.15, -0.1) is 0 Å². The van der Waals surface area contributed by atoms with Crippen LogP contribution < -0.4 is 10.1 Å². The van der Waals surface area contributed by atoms with Crippen LogP contribution in [-0.2, 0) is 20.4 Å². The van der Waals surface area contributed by atoms with Crippen LogP contribution in [0.4, 0.5) is 0 Å². The molecule has 0 unspecified atom stereocenters. The van der Waals surface area contributed by atoms with Gasteiger partial charge >= 0.3 is 0 Å². The quantitative estimate of drug-likeness (QED) is 0.762. The summed E-state index contributed by atoms with van der Waals surface area (Å²) >= 11 is 0. The molecule has 2 aromatic carbocycles. The number of carbonyl (C=O) groups is 1. The minimum Gasteiger partial charge on any atom is -0.492 e. The Labute approximate surface area is 168 Å². The SMILES string of the molecule is CC(C)(C)c1ccc(OCCNC(=O)C2(c3ccccc3)CCOCC2)cc1. The Kier molecular flexibility index (Phi) is 6.40. The maximum absolute atomic E-state index is 13.1. The van der Waals surface area contributed by atoms with Crippen LogP contribution in [0.3, 0.4) is 0 Å². The fourth-order valence-electron chi connectivity index (χ4n) is 3.68. The van der Waals surface area contributed by atoms with Gasteiger partial charge < -0.3 is 14.8 Å². The van der Waals surface area contributed by atoms with Crippen molar-refractivity contribution in [1.29, 1.82) is 0 Å². The van der Waals surface area contributed by atoms with E-state index in [-0.39, 0.29) is 11.3 Å². The van der Waals surface area contributed by atoms with E-state index in [1.54, 1.807) is 0 Å². The Morgan fingerprint density at radius 1 is 1.04 bits per heavy atom. The van der Waals surface area contributed by atoms with Crippen molar-refractivity contribution in [1.82, 2.24) is 5.32 Å². The molecule has 3 rings (SSSR count). The van der Waals surface area contributed by atoms with E-state index < -0.39 is 5.41 Å². The van der Waals surface area contributed by atoms with Gasteiger partial charge in [0.1, 0.15) is 12.4 Å². The van der Waals surface area contributed by atoms with E-state index in [1.807, 2.05) is 42.5 Å². The fraction of sp³-hybridized carbons (Fsp3) is 0.458. The number of ether oxygens (including phenoxy) is 2. The average Bonchev–Trinajstić information content (AvgIpc) is 2.72. The van der Waals surface area contributed by atoms with Crippen LogP contribution >= 0.6 is 0 Å². The first-order valence-corrected chi connectivity index (χ1v) is 10.1. The third-order valence-electron chi connectivity index (χ3n) is 5.48. The van der Waals surface area contributed by atoms with Crippen LogP contribution in [-0.4, -0.2) is 32.3 Å². The second-order valence-electron chi connectivity index (χ2n) is 8.44. The third kappa shape index (κ3) is 4.74. The number of hydrogen-bond donors (Lipinski definition) is 1. The molecule has 2 aromatic rings. The van der Waals surface area contributed by atoms with E-state index in [2.05, 4.69) is 38.2 Å². The number of nitrogens with one attached hydrogen (secondary N) is 1. The van der Waals surface area contributed by atoms with Gasteiger partial charge in [-0.3, -0.25) is 4.79 Å². The number of rotatable bonds is 6. The van der Waals surface area contributed by atoms with E-state index in [0.29, 0.717) is 39.2 Å². The van der Waals surface area contributed by atoms with Crippen LogP contribution in [0.5, 0.6) is 5.75 Å². The molecule has 150 valence electrons. The maximum Gasteiger partial charge on any atom is 0.230 e. The lowest BCUT2D eigenvalue weighted by molar-refractivity contribution is -0.130. The zero-order valence-corrected chi connectivity index (χ0v) is 17.2. The van der Waals surface area contributed by atoms with Gasteiger partial charge in [0.2, 0.25) is 5.91 Å². The van der Waals surface area contributed by atoms with Crippen molar-refractivity contribution in [2.24, 2.45) is 0 Å². The highest BCUT2D eigenvalue weighted by Crippen LogP contribution is 2.35. The molecule has 1 saturated heterocycles. The van der Waals surface area contributed by atoms with Crippen LogP contribution in [0.15, 0.2) is 54.6 Å². The minimum absolute atomic E-state index is 0.0636. The van der Waals surface area contributed by atoms with Crippen molar-refractivity contribution in [3.05, 3.63) is 65.7 Å². The summed E-state index contributed by atoms with van der Waals surface area (Å²) in [6.07, 6.45) is 1.41. The molecule has 0 aliphatic carbocycles. The van der Waals surface area contributed by atoms with Gasteiger partial charge in [-0.1, -0.05) is 63.2 Å². The van der Waals surface area contributed by atoms with Gasteiger partial charge in [-0.2, -0.15) is 0 Å². The van der Waals surface area contributed by atoms with E-state index in [0.717, 1.165) is 11.3 Å². The summed E-state index contributed by atoms with van der Waals surface area (Å²) in [4.78, 5) is 13.1. The Hall–Kier alpha value is -2.33.